The first-order valence-electron chi connectivity index (χ1n) is 7.67. The Hall–Kier alpha value is -1.69. The molecule has 1 aromatic carbocycles. The van der Waals surface area contributed by atoms with Gasteiger partial charge in [0.25, 0.3) is 0 Å². The van der Waals surface area contributed by atoms with Crippen LogP contribution in [0.5, 0.6) is 5.75 Å². The maximum Gasteiger partial charge on any atom is 0.315 e. The van der Waals surface area contributed by atoms with Crippen LogP contribution in [-0.4, -0.2) is 35.1 Å². The molecule has 0 radical (unpaired) electrons. The second kappa shape index (κ2) is 7.05. The van der Waals surface area contributed by atoms with E-state index in [4.69, 9.17) is 4.74 Å². The highest BCUT2D eigenvalue weighted by atomic mass is 32.2. The molecule has 0 unspecified atom stereocenters. The predicted octanol–water partition coefficient (Wildman–Crippen LogP) is 2.32. The predicted molar refractivity (Wildman–Crippen MR) is 86.0 cm³/mol. The molecule has 2 amide bonds. The molecule has 2 N–H and O–H groups in total. The fourth-order valence-electron chi connectivity index (χ4n) is 2.93. The van der Waals surface area contributed by atoms with Gasteiger partial charge in [-0.25, -0.2) is 4.79 Å². The van der Waals surface area contributed by atoms with Crippen molar-refractivity contribution in [1.29, 1.82) is 0 Å². The maximum absolute atomic E-state index is 11.7. The number of unbranched alkanes of at least 4 members (excludes halogenated alkanes) is 1. The molecule has 2 saturated heterocycles. The van der Waals surface area contributed by atoms with Crippen LogP contribution >= 0.6 is 11.8 Å². The third kappa shape index (κ3) is 3.74. The standard InChI is InChI=1S/C16H20N2O3S/c19-14(21-11-6-2-1-3-7-11)9-5-4-8-13-15-12(10-22-13)17-16(20)18-15/h1-3,6-7,12-13,15H,4-5,8-10H2,(H2,17,18,20)/t12-,13-,15-/m1/s1. The van der Waals surface area contributed by atoms with Gasteiger partial charge < -0.3 is 15.4 Å². The van der Waals surface area contributed by atoms with Crippen molar-refractivity contribution in [3.63, 3.8) is 0 Å². The fraction of sp³-hybridized carbons (Fsp3) is 0.500. The molecule has 0 aliphatic carbocycles. The van der Waals surface area contributed by atoms with Gasteiger partial charge in [-0.05, 0) is 25.0 Å². The number of amides is 2. The zero-order valence-electron chi connectivity index (χ0n) is 12.3. The average Bonchev–Trinajstić information content (AvgIpc) is 3.04. The normalized spacial score (nSPS) is 26.2. The van der Waals surface area contributed by atoms with Crippen molar-refractivity contribution in [2.45, 2.75) is 43.0 Å². The van der Waals surface area contributed by atoms with Crippen molar-refractivity contribution in [2.24, 2.45) is 0 Å². The van der Waals surface area contributed by atoms with Crippen LogP contribution in [0.3, 0.4) is 0 Å². The van der Waals surface area contributed by atoms with Crippen LogP contribution in [0.4, 0.5) is 4.79 Å². The molecule has 0 bridgehead atoms. The van der Waals surface area contributed by atoms with Gasteiger partial charge in [0.2, 0.25) is 0 Å². The van der Waals surface area contributed by atoms with Gasteiger partial charge in [0.05, 0.1) is 12.1 Å². The Balaban J connectivity index is 1.34. The van der Waals surface area contributed by atoms with Gasteiger partial charge in [-0.15, -0.1) is 0 Å². The molecule has 0 spiro atoms. The molecule has 6 heteroatoms. The van der Waals surface area contributed by atoms with Crippen molar-refractivity contribution in [3.8, 4) is 5.75 Å². The van der Waals surface area contributed by atoms with Gasteiger partial charge in [0.1, 0.15) is 5.75 Å². The molecule has 5 nitrogen and oxygen atoms in total. The van der Waals surface area contributed by atoms with Crippen molar-refractivity contribution in [1.82, 2.24) is 10.6 Å². The number of hydrogen-bond acceptors (Lipinski definition) is 4. The van der Waals surface area contributed by atoms with E-state index in [1.54, 1.807) is 12.1 Å². The van der Waals surface area contributed by atoms with Crippen LogP contribution in [-0.2, 0) is 4.79 Å². The van der Waals surface area contributed by atoms with Gasteiger partial charge in [-0.3, -0.25) is 4.79 Å². The van der Waals surface area contributed by atoms with Gasteiger partial charge in [0, 0.05) is 17.4 Å². The Labute approximate surface area is 134 Å². The summed E-state index contributed by atoms with van der Waals surface area (Å²) in [6.45, 7) is 0. The minimum absolute atomic E-state index is 0.0493. The second-order valence-electron chi connectivity index (χ2n) is 5.65. The van der Waals surface area contributed by atoms with E-state index >= 15 is 0 Å². The highest BCUT2D eigenvalue weighted by Gasteiger charge is 2.42. The van der Waals surface area contributed by atoms with Crippen LogP contribution in [0.1, 0.15) is 25.7 Å². The Morgan fingerprint density at radius 3 is 2.86 bits per heavy atom. The smallest absolute Gasteiger partial charge is 0.315 e. The van der Waals surface area contributed by atoms with Crippen molar-refractivity contribution >= 4 is 23.8 Å². The highest BCUT2D eigenvalue weighted by Crippen LogP contribution is 2.33. The van der Waals surface area contributed by atoms with Crippen LogP contribution in [0.2, 0.25) is 0 Å². The molecule has 0 saturated carbocycles. The van der Waals surface area contributed by atoms with E-state index in [1.165, 1.54) is 0 Å². The lowest BCUT2D eigenvalue weighted by Gasteiger charge is -2.16. The maximum atomic E-state index is 11.7. The number of hydrogen-bond donors (Lipinski definition) is 2. The van der Waals surface area contributed by atoms with E-state index in [-0.39, 0.29) is 24.1 Å². The Kier molecular flexibility index (Phi) is 4.87. The molecule has 1 aromatic rings. The molecule has 2 aliphatic heterocycles. The van der Waals surface area contributed by atoms with Crippen molar-refractivity contribution in [2.75, 3.05) is 5.75 Å². The number of nitrogens with one attached hydrogen (secondary N) is 2. The van der Waals surface area contributed by atoms with E-state index in [2.05, 4.69) is 10.6 Å². The van der Waals surface area contributed by atoms with E-state index in [0.29, 0.717) is 17.4 Å². The third-order valence-electron chi connectivity index (χ3n) is 4.03. The Morgan fingerprint density at radius 1 is 1.23 bits per heavy atom. The summed E-state index contributed by atoms with van der Waals surface area (Å²) in [4.78, 5) is 23.0. The van der Waals surface area contributed by atoms with Gasteiger partial charge in [-0.2, -0.15) is 11.8 Å². The summed E-state index contributed by atoms with van der Waals surface area (Å²) >= 11 is 1.90. The Bertz CT molecular complexity index is 537. The summed E-state index contributed by atoms with van der Waals surface area (Å²) in [6, 6.07) is 9.61. The number of thioether (sulfide) groups is 1. The first-order valence-corrected chi connectivity index (χ1v) is 8.71. The molecule has 3 rings (SSSR count). The van der Waals surface area contributed by atoms with E-state index in [0.717, 1.165) is 25.0 Å². The van der Waals surface area contributed by atoms with Crippen LogP contribution in [0.15, 0.2) is 30.3 Å². The minimum atomic E-state index is -0.181. The van der Waals surface area contributed by atoms with E-state index < -0.39 is 0 Å². The molecular formula is C16H20N2O3S. The van der Waals surface area contributed by atoms with Crippen LogP contribution in [0, 0.1) is 0 Å². The molecule has 2 aliphatic rings. The molecular weight excluding hydrogens is 300 g/mol. The first-order chi connectivity index (χ1) is 10.7. The minimum Gasteiger partial charge on any atom is -0.427 e. The van der Waals surface area contributed by atoms with Gasteiger partial charge >= 0.3 is 12.0 Å². The summed E-state index contributed by atoms with van der Waals surface area (Å²) in [7, 11) is 0. The van der Waals surface area contributed by atoms with E-state index in [9.17, 15) is 9.59 Å². The monoisotopic (exact) mass is 320 g/mol. The number of carbonyl (C=O) groups excluding carboxylic acids is 2. The number of benzene rings is 1. The second-order valence-corrected chi connectivity index (χ2v) is 6.93. The first kappa shape index (κ1) is 15.2. The van der Waals surface area contributed by atoms with Gasteiger partial charge in [0.15, 0.2) is 0 Å². The number of fused-ring (bicyclic) bond motifs is 1. The zero-order valence-corrected chi connectivity index (χ0v) is 13.1. The van der Waals surface area contributed by atoms with Crippen LogP contribution in [0.25, 0.3) is 0 Å². The fourth-order valence-corrected chi connectivity index (χ4v) is 4.47. The van der Waals surface area contributed by atoms with Gasteiger partial charge in [-0.1, -0.05) is 24.6 Å². The molecule has 118 valence electrons. The number of esters is 1. The molecule has 2 heterocycles. The summed E-state index contributed by atoms with van der Waals surface area (Å²) in [6.07, 6.45) is 3.25. The quantitative estimate of drug-likeness (QED) is 0.365. The average molecular weight is 320 g/mol. The number of carbonyl (C=O) groups is 2. The molecule has 3 atom stereocenters. The number of rotatable bonds is 6. The summed E-state index contributed by atoms with van der Waals surface area (Å²) in [5, 5.41) is 6.38. The topological polar surface area (TPSA) is 67.4 Å². The number of para-hydroxylation sites is 1. The van der Waals surface area contributed by atoms with Crippen molar-refractivity contribution < 1.29 is 14.3 Å². The van der Waals surface area contributed by atoms with E-state index in [1.807, 2.05) is 30.0 Å². The summed E-state index contributed by atoms with van der Waals surface area (Å²) in [5.74, 6) is 1.39. The molecule has 0 aromatic heterocycles. The van der Waals surface area contributed by atoms with Crippen LogP contribution < -0.4 is 15.4 Å². The Morgan fingerprint density at radius 2 is 2.05 bits per heavy atom. The lowest BCUT2D eigenvalue weighted by Crippen LogP contribution is -2.36. The molecule has 22 heavy (non-hydrogen) atoms. The van der Waals surface area contributed by atoms with Crippen molar-refractivity contribution in [3.05, 3.63) is 30.3 Å². The lowest BCUT2D eigenvalue weighted by molar-refractivity contribution is -0.134. The lowest BCUT2D eigenvalue weighted by atomic mass is 10.0. The summed E-state index contributed by atoms with van der Waals surface area (Å²) in [5.41, 5.74) is 0. The SMILES string of the molecule is O=C1N[C@@H]2[C@@H](CS[C@@H]2CCCCC(=O)Oc2ccccc2)N1. The summed E-state index contributed by atoms with van der Waals surface area (Å²) < 4.78 is 5.26. The third-order valence-corrected chi connectivity index (χ3v) is 5.54. The largest absolute Gasteiger partial charge is 0.427 e. The number of urea groups is 1. The molecule has 2 fully saturated rings. The zero-order chi connectivity index (χ0) is 15.4. The number of ether oxygens (including phenoxy) is 1. The highest BCUT2D eigenvalue weighted by molar-refractivity contribution is 8.00.